The number of benzene rings is 3. The normalized spacial score (nSPS) is 19.2. The van der Waals surface area contributed by atoms with Gasteiger partial charge in [0.2, 0.25) is 0 Å². The number of fused-ring (bicyclic) bond motifs is 3. The summed E-state index contributed by atoms with van der Waals surface area (Å²) in [5.41, 5.74) is 5.56. The van der Waals surface area contributed by atoms with E-state index in [1.165, 1.54) is 16.7 Å². The Labute approximate surface area is 201 Å². The molecule has 2 heterocycles. The lowest BCUT2D eigenvalue weighted by molar-refractivity contribution is 0.212. The number of likely N-dealkylation sites (tertiary alicyclic amines) is 1. The van der Waals surface area contributed by atoms with Crippen LogP contribution in [0.15, 0.2) is 66.7 Å². The minimum Gasteiger partial charge on any atom is -0.497 e. The first kappa shape index (κ1) is 22.9. The summed E-state index contributed by atoms with van der Waals surface area (Å²) in [5, 5.41) is 9.26. The van der Waals surface area contributed by atoms with Gasteiger partial charge in [-0.2, -0.15) is 5.26 Å². The van der Waals surface area contributed by atoms with Crippen LogP contribution >= 0.6 is 12.4 Å². The number of hydrogen-bond acceptors (Lipinski definition) is 4. The smallest absolute Gasteiger partial charge is 0.122 e. The minimum absolute atomic E-state index is 0. The fourth-order valence-electron chi connectivity index (χ4n) is 4.75. The Morgan fingerprint density at radius 1 is 1.00 bits per heavy atom. The predicted molar refractivity (Wildman–Crippen MR) is 134 cm³/mol. The lowest BCUT2D eigenvalue weighted by atomic mass is 9.86. The van der Waals surface area contributed by atoms with Gasteiger partial charge in [0.05, 0.1) is 25.3 Å². The van der Waals surface area contributed by atoms with E-state index in [-0.39, 0.29) is 12.4 Å². The van der Waals surface area contributed by atoms with E-state index in [2.05, 4.69) is 59.5 Å². The number of nitriles is 1. The van der Waals surface area contributed by atoms with Gasteiger partial charge in [-0.1, -0.05) is 48.6 Å². The molecule has 0 unspecified atom stereocenters. The van der Waals surface area contributed by atoms with E-state index in [4.69, 9.17) is 9.47 Å². The van der Waals surface area contributed by atoms with Gasteiger partial charge >= 0.3 is 0 Å². The summed E-state index contributed by atoms with van der Waals surface area (Å²) in [6.45, 7) is 3.73. The maximum Gasteiger partial charge on any atom is 0.122 e. The van der Waals surface area contributed by atoms with Gasteiger partial charge in [0, 0.05) is 37.0 Å². The number of halogens is 1. The van der Waals surface area contributed by atoms with E-state index in [0.29, 0.717) is 17.4 Å². The average Bonchev–Trinajstić information content (AvgIpc) is 3.26. The molecular formula is C28H27ClN2O2. The van der Waals surface area contributed by atoms with Crippen LogP contribution < -0.4 is 9.47 Å². The van der Waals surface area contributed by atoms with Gasteiger partial charge in [0.1, 0.15) is 11.5 Å². The van der Waals surface area contributed by atoms with Crippen molar-refractivity contribution in [2.24, 2.45) is 5.92 Å². The third kappa shape index (κ3) is 5.06. The second kappa shape index (κ2) is 10.1. The molecule has 33 heavy (non-hydrogen) atoms. The highest BCUT2D eigenvalue weighted by Gasteiger charge is 2.38. The molecule has 5 rings (SSSR count). The second-order valence-electron chi connectivity index (χ2n) is 8.58. The van der Waals surface area contributed by atoms with Gasteiger partial charge < -0.3 is 9.47 Å². The zero-order valence-corrected chi connectivity index (χ0v) is 19.4. The predicted octanol–water partition coefficient (Wildman–Crippen LogP) is 5.77. The van der Waals surface area contributed by atoms with Crippen molar-refractivity contribution < 1.29 is 9.47 Å². The molecule has 0 spiro atoms. The SMILES string of the molecule is COc1ccc(C=Cc2ccc(CN3C[C@H]4COc5ccc(C#N)cc5[C@@H]4C3)cc2)cc1.Cl. The van der Waals surface area contributed by atoms with E-state index in [9.17, 15) is 5.26 Å². The standard InChI is InChI=1S/C28H26N2O2.ClH/c1-31-25-11-8-21(9-12-25)3-2-20-4-6-22(7-5-20)16-30-17-24-19-32-28-13-10-23(15-29)14-26(28)27(24)18-30;/h2-14,24,27H,16-19H2,1H3;1H/t24-,27+;/m0./s1. The van der Waals surface area contributed by atoms with Crippen molar-refractivity contribution in [2.45, 2.75) is 12.5 Å². The van der Waals surface area contributed by atoms with Crippen molar-refractivity contribution in [1.29, 1.82) is 5.26 Å². The topological polar surface area (TPSA) is 45.5 Å². The molecule has 0 bridgehead atoms. The van der Waals surface area contributed by atoms with E-state index >= 15 is 0 Å². The molecule has 2 aliphatic heterocycles. The number of nitrogens with zero attached hydrogens (tertiary/aromatic N) is 2. The third-order valence-corrected chi connectivity index (χ3v) is 6.48. The lowest BCUT2D eigenvalue weighted by Gasteiger charge is -2.27. The van der Waals surface area contributed by atoms with Crippen LogP contribution in [0.1, 0.15) is 33.7 Å². The Morgan fingerprint density at radius 3 is 2.36 bits per heavy atom. The van der Waals surface area contributed by atoms with Gasteiger partial charge in [-0.05, 0) is 47.0 Å². The Hall–Kier alpha value is -3.26. The third-order valence-electron chi connectivity index (χ3n) is 6.48. The van der Waals surface area contributed by atoms with Gasteiger partial charge in [0.15, 0.2) is 0 Å². The van der Waals surface area contributed by atoms with E-state index < -0.39 is 0 Å². The van der Waals surface area contributed by atoms with Gasteiger partial charge in [-0.3, -0.25) is 4.90 Å². The van der Waals surface area contributed by atoms with Crippen LogP contribution in [0.4, 0.5) is 0 Å². The average molecular weight is 459 g/mol. The molecule has 0 aromatic heterocycles. The molecule has 1 fully saturated rings. The second-order valence-corrected chi connectivity index (χ2v) is 8.58. The van der Waals surface area contributed by atoms with Crippen LogP contribution in [0.25, 0.3) is 12.2 Å². The summed E-state index contributed by atoms with van der Waals surface area (Å²) < 4.78 is 11.2. The van der Waals surface area contributed by atoms with E-state index in [0.717, 1.165) is 43.3 Å². The first-order chi connectivity index (χ1) is 15.7. The van der Waals surface area contributed by atoms with Crippen LogP contribution in [0.2, 0.25) is 0 Å². The van der Waals surface area contributed by atoms with E-state index in [1.54, 1.807) is 7.11 Å². The molecule has 2 aliphatic rings. The molecule has 2 atom stereocenters. The largest absolute Gasteiger partial charge is 0.497 e. The van der Waals surface area contributed by atoms with Gasteiger partial charge in [-0.25, -0.2) is 0 Å². The highest BCUT2D eigenvalue weighted by Crippen LogP contribution is 2.42. The number of hydrogen-bond donors (Lipinski definition) is 0. The fourth-order valence-corrected chi connectivity index (χ4v) is 4.75. The summed E-state index contributed by atoms with van der Waals surface area (Å²) in [4.78, 5) is 2.51. The molecule has 0 aliphatic carbocycles. The Bertz CT molecular complexity index is 1170. The Balaban J connectivity index is 0.00000259. The summed E-state index contributed by atoms with van der Waals surface area (Å²) in [6, 6.07) is 24.9. The zero-order valence-electron chi connectivity index (χ0n) is 18.6. The molecular weight excluding hydrogens is 432 g/mol. The molecule has 1 saturated heterocycles. The maximum absolute atomic E-state index is 9.26. The summed E-state index contributed by atoms with van der Waals surface area (Å²) in [6.07, 6.45) is 4.25. The van der Waals surface area contributed by atoms with Crippen molar-refractivity contribution in [1.82, 2.24) is 4.90 Å². The van der Waals surface area contributed by atoms with Gasteiger partial charge in [0.25, 0.3) is 0 Å². The van der Waals surface area contributed by atoms with Crippen molar-refractivity contribution >= 4 is 24.6 Å². The molecule has 3 aromatic carbocycles. The Kier molecular flexibility index (Phi) is 7.03. The molecule has 0 N–H and O–H groups in total. The van der Waals surface area contributed by atoms with Gasteiger partial charge in [-0.15, -0.1) is 12.4 Å². The molecule has 5 heteroatoms. The molecule has 0 saturated carbocycles. The quantitative estimate of drug-likeness (QED) is 0.455. The van der Waals surface area contributed by atoms with E-state index in [1.807, 2.05) is 30.3 Å². The van der Waals surface area contributed by atoms with Crippen LogP contribution in [0, 0.1) is 17.2 Å². The summed E-state index contributed by atoms with van der Waals surface area (Å²) >= 11 is 0. The van der Waals surface area contributed by atoms with Crippen molar-refractivity contribution in [3.8, 4) is 17.6 Å². The lowest BCUT2D eigenvalue weighted by Crippen LogP contribution is -2.25. The molecule has 168 valence electrons. The summed E-state index contributed by atoms with van der Waals surface area (Å²) in [5.74, 6) is 2.75. The highest BCUT2D eigenvalue weighted by molar-refractivity contribution is 5.85. The number of rotatable bonds is 5. The van der Waals surface area contributed by atoms with Crippen LogP contribution in [-0.4, -0.2) is 31.7 Å². The highest BCUT2D eigenvalue weighted by atomic mass is 35.5. The van der Waals surface area contributed by atoms with Crippen LogP contribution in [0.5, 0.6) is 11.5 Å². The summed E-state index contributed by atoms with van der Waals surface area (Å²) in [7, 11) is 1.68. The monoisotopic (exact) mass is 458 g/mol. The molecule has 0 radical (unpaired) electrons. The molecule has 0 amide bonds. The number of methoxy groups -OCH3 is 1. The molecule has 4 nitrogen and oxygen atoms in total. The van der Waals surface area contributed by atoms with Crippen molar-refractivity contribution in [2.75, 3.05) is 26.8 Å². The fraction of sp³-hybridized carbons (Fsp3) is 0.250. The number of ether oxygens (including phenoxy) is 2. The molecule has 3 aromatic rings. The van der Waals surface area contributed by atoms with Crippen LogP contribution in [-0.2, 0) is 6.54 Å². The van der Waals surface area contributed by atoms with Crippen molar-refractivity contribution in [3.05, 3.63) is 94.5 Å². The Morgan fingerprint density at radius 2 is 1.70 bits per heavy atom. The first-order valence-corrected chi connectivity index (χ1v) is 11.0. The first-order valence-electron chi connectivity index (χ1n) is 11.0. The minimum atomic E-state index is 0. The maximum atomic E-state index is 9.26. The van der Waals surface area contributed by atoms with Crippen molar-refractivity contribution in [3.63, 3.8) is 0 Å². The van der Waals surface area contributed by atoms with Crippen LogP contribution in [0.3, 0.4) is 0 Å². The zero-order chi connectivity index (χ0) is 21.9.